The van der Waals surface area contributed by atoms with Crippen LogP contribution in [0.1, 0.15) is 11.5 Å². The van der Waals surface area contributed by atoms with E-state index in [4.69, 9.17) is 0 Å². The van der Waals surface area contributed by atoms with Gasteiger partial charge in [-0.05, 0) is 17.7 Å². The van der Waals surface area contributed by atoms with E-state index in [-0.39, 0.29) is 11.5 Å². The lowest BCUT2D eigenvalue weighted by molar-refractivity contribution is -0.116. The monoisotopic (exact) mass is 410 g/mol. The number of para-hydroxylation sites is 1. The van der Waals surface area contributed by atoms with Gasteiger partial charge in [-0.15, -0.1) is 10.2 Å². The van der Waals surface area contributed by atoms with Crippen LogP contribution in [0.4, 0.5) is 0 Å². The number of Topliss-reactive ketones (excluding diaryl/α,β-unsaturated/α-hetero) is 1. The van der Waals surface area contributed by atoms with E-state index in [1.165, 1.54) is 11.8 Å². The van der Waals surface area contributed by atoms with Crippen molar-refractivity contribution in [2.45, 2.75) is 11.1 Å². The van der Waals surface area contributed by atoms with Gasteiger partial charge in [0.15, 0.2) is 16.8 Å². The number of carbonyl (C=O) groups excluding carboxylic acids is 1. The van der Waals surface area contributed by atoms with Gasteiger partial charge in [0.05, 0.1) is 11.8 Å². The number of hydrogen-bond acceptors (Lipinski definition) is 5. The molecule has 0 radical (unpaired) electrons. The minimum Gasteiger partial charge on any atom is -0.297 e. The molecule has 30 heavy (non-hydrogen) atoms. The van der Waals surface area contributed by atoms with E-state index in [0.29, 0.717) is 16.5 Å². The molecular formula is C24H18N4OS. The number of nitrogens with zero attached hydrogens (tertiary/aromatic N) is 4. The van der Waals surface area contributed by atoms with E-state index in [0.717, 1.165) is 11.3 Å². The van der Waals surface area contributed by atoms with Crippen molar-refractivity contribution < 1.29 is 4.79 Å². The van der Waals surface area contributed by atoms with Crippen LogP contribution in [0.2, 0.25) is 0 Å². The average Bonchev–Trinajstić information content (AvgIpc) is 3.24. The second-order valence-corrected chi connectivity index (χ2v) is 7.51. The molecule has 4 aromatic rings. The molecular weight excluding hydrogens is 392 g/mol. The first kappa shape index (κ1) is 19.6. The standard InChI is InChI=1S/C24H18N4OS/c25-16-21(18-10-4-1-5-11-18)22(29)17-30-24-27-26-23(19-12-6-2-7-13-19)28(24)20-14-8-3-9-15-20/h1-15,21H,17H2. The third-order valence-electron chi connectivity index (χ3n) is 4.61. The fourth-order valence-corrected chi connectivity index (χ4v) is 4.00. The fourth-order valence-electron chi connectivity index (χ4n) is 3.14. The maximum Gasteiger partial charge on any atom is 0.196 e. The molecule has 0 bridgehead atoms. The summed E-state index contributed by atoms with van der Waals surface area (Å²) in [7, 11) is 0. The molecule has 0 aliphatic heterocycles. The Bertz CT molecular complexity index is 1170. The number of rotatable bonds is 7. The van der Waals surface area contributed by atoms with E-state index in [9.17, 15) is 10.1 Å². The van der Waals surface area contributed by atoms with Crippen molar-refractivity contribution in [1.29, 1.82) is 5.26 Å². The van der Waals surface area contributed by atoms with Crippen LogP contribution in [0, 0.1) is 11.3 Å². The van der Waals surface area contributed by atoms with Crippen LogP contribution in [0.15, 0.2) is 96.2 Å². The third kappa shape index (κ3) is 4.17. The first-order valence-electron chi connectivity index (χ1n) is 9.44. The molecule has 3 aromatic carbocycles. The maximum atomic E-state index is 12.8. The smallest absolute Gasteiger partial charge is 0.196 e. The van der Waals surface area contributed by atoms with Gasteiger partial charge in [-0.3, -0.25) is 9.36 Å². The second kappa shape index (κ2) is 9.21. The lowest BCUT2D eigenvalue weighted by atomic mass is 9.97. The van der Waals surface area contributed by atoms with E-state index in [1.807, 2.05) is 83.4 Å². The number of thioether (sulfide) groups is 1. The van der Waals surface area contributed by atoms with Gasteiger partial charge in [0.25, 0.3) is 0 Å². The summed E-state index contributed by atoms with van der Waals surface area (Å²) in [6.07, 6.45) is 0. The minimum atomic E-state index is -0.791. The highest BCUT2D eigenvalue weighted by Gasteiger charge is 2.22. The zero-order valence-corrected chi connectivity index (χ0v) is 16.9. The normalized spacial score (nSPS) is 11.6. The average molecular weight is 411 g/mol. The lowest BCUT2D eigenvalue weighted by Gasteiger charge is -2.11. The van der Waals surface area contributed by atoms with Crippen LogP contribution in [-0.2, 0) is 4.79 Å². The summed E-state index contributed by atoms with van der Waals surface area (Å²) < 4.78 is 1.94. The maximum absolute atomic E-state index is 12.8. The summed E-state index contributed by atoms with van der Waals surface area (Å²) in [5.74, 6) is -0.109. The Labute approximate surface area is 179 Å². The summed E-state index contributed by atoms with van der Waals surface area (Å²) >= 11 is 1.29. The van der Waals surface area contributed by atoms with Gasteiger partial charge < -0.3 is 0 Å². The number of nitriles is 1. The topological polar surface area (TPSA) is 71.6 Å². The molecule has 1 aromatic heterocycles. The van der Waals surface area contributed by atoms with Crippen molar-refractivity contribution in [3.05, 3.63) is 96.6 Å². The van der Waals surface area contributed by atoms with Gasteiger partial charge in [-0.25, -0.2) is 0 Å². The first-order chi connectivity index (χ1) is 14.8. The van der Waals surface area contributed by atoms with Gasteiger partial charge in [0.1, 0.15) is 5.92 Å². The van der Waals surface area contributed by atoms with Crippen LogP contribution in [0.5, 0.6) is 0 Å². The molecule has 4 rings (SSSR count). The molecule has 0 saturated heterocycles. The van der Waals surface area contributed by atoms with E-state index < -0.39 is 5.92 Å². The van der Waals surface area contributed by atoms with Crippen LogP contribution in [-0.4, -0.2) is 26.3 Å². The number of carbonyl (C=O) groups is 1. The van der Waals surface area contributed by atoms with E-state index >= 15 is 0 Å². The Balaban J connectivity index is 1.63. The Kier molecular flexibility index (Phi) is 6.02. The summed E-state index contributed by atoms with van der Waals surface area (Å²) in [4.78, 5) is 12.8. The minimum absolute atomic E-state index is 0.132. The van der Waals surface area contributed by atoms with Crippen molar-refractivity contribution in [3.8, 4) is 23.1 Å². The predicted molar refractivity (Wildman–Crippen MR) is 117 cm³/mol. The van der Waals surface area contributed by atoms with Crippen LogP contribution in [0.25, 0.3) is 17.1 Å². The number of aromatic nitrogens is 3. The zero-order valence-electron chi connectivity index (χ0n) is 16.1. The van der Waals surface area contributed by atoms with Gasteiger partial charge in [0, 0.05) is 11.3 Å². The Morgan fingerprint density at radius 1 is 0.900 bits per heavy atom. The van der Waals surface area contributed by atoms with Crippen molar-refractivity contribution in [2.75, 3.05) is 5.75 Å². The largest absolute Gasteiger partial charge is 0.297 e. The third-order valence-corrected chi connectivity index (χ3v) is 5.56. The molecule has 5 nitrogen and oxygen atoms in total. The number of hydrogen-bond donors (Lipinski definition) is 0. The van der Waals surface area contributed by atoms with Gasteiger partial charge in [-0.1, -0.05) is 90.6 Å². The van der Waals surface area contributed by atoms with Gasteiger partial charge in [0.2, 0.25) is 0 Å². The highest BCUT2D eigenvalue weighted by molar-refractivity contribution is 7.99. The molecule has 1 heterocycles. The van der Waals surface area contributed by atoms with Gasteiger partial charge >= 0.3 is 0 Å². The molecule has 0 amide bonds. The Morgan fingerprint density at radius 2 is 1.50 bits per heavy atom. The SMILES string of the molecule is N#CC(C(=O)CSc1nnc(-c2ccccc2)n1-c1ccccc1)c1ccccc1. The zero-order chi connectivity index (χ0) is 20.8. The van der Waals surface area contributed by atoms with Crippen molar-refractivity contribution in [3.63, 3.8) is 0 Å². The molecule has 1 atom stereocenters. The molecule has 0 fully saturated rings. The second-order valence-electron chi connectivity index (χ2n) is 6.57. The van der Waals surface area contributed by atoms with Crippen molar-refractivity contribution in [2.24, 2.45) is 0 Å². The Hall–Kier alpha value is -3.69. The Morgan fingerprint density at radius 3 is 2.13 bits per heavy atom. The summed E-state index contributed by atoms with van der Waals surface area (Å²) in [6.45, 7) is 0. The molecule has 1 unspecified atom stereocenters. The molecule has 0 aliphatic rings. The van der Waals surface area contributed by atoms with E-state index in [1.54, 1.807) is 12.1 Å². The molecule has 6 heteroatoms. The highest BCUT2D eigenvalue weighted by Crippen LogP contribution is 2.29. The summed E-state index contributed by atoms with van der Waals surface area (Å²) in [5, 5.41) is 18.8. The molecule has 0 N–H and O–H groups in total. The van der Waals surface area contributed by atoms with Crippen LogP contribution >= 0.6 is 11.8 Å². The number of ketones is 1. The van der Waals surface area contributed by atoms with Crippen LogP contribution < -0.4 is 0 Å². The highest BCUT2D eigenvalue weighted by atomic mass is 32.2. The molecule has 0 spiro atoms. The number of benzene rings is 3. The quantitative estimate of drug-likeness (QED) is 0.405. The van der Waals surface area contributed by atoms with Crippen LogP contribution in [0.3, 0.4) is 0 Å². The molecule has 0 saturated carbocycles. The summed E-state index contributed by atoms with van der Waals surface area (Å²) in [6, 6.07) is 30.9. The molecule has 146 valence electrons. The summed E-state index contributed by atoms with van der Waals surface area (Å²) in [5.41, 5.74) is 2.56. The first-order valence-corrected chi connectivity index (χ1v) is 10.4. The van der Waals surface area contributed by atoms with Crippen molar-refractivity contribution in [1.82, 2.24) is 14.8 Å². The van der Waals surface area contributed by atoms with Gasteiger partial charge in [-0.2, -0.15) is 5.26 Å². The van der Waals surface area contributed by atoms with Crippen molar-refractivity contribution >= 4 is 17.5 Å². The fraction of sp³-hybridized carbons (Fsp3) is 0.0833. The molecule has 0 aliphatic carbocycles. The lowest BCUT2D eigenvalue weighted by Crippen LogP contribution is -2.13. The van der Waals surface area contributed by atoms with E-state index in [2.05, 4.69) is 16.3 Å². The predicted octanol–water partition coefficient (Wildman–Crippen LogP) is 4.90.